The fourth-order valence-corrected chi connectivity index (χ4v) is 4.45. The van der Waals surface area contributed by atoms with E-state index in [-0.39, 0.29) is 11.2 Å². The third-order valence-electron chi connectivity index (χ3n) is 3.29. The van der Waals surface area contributed by atoms with Crippen LogP contribution >= 0.6 is 39.5 Å². The van der Waals surface area contributed by atoms with Crippen LogP contribution in [0.5, 0.6) is 0 Å². The number of rotatable bonds is 5. The SMILES string of the molecule is CC(Sc1ccc(Br)cc1)C(=O)NC1(C(=O)O)CCSC1. The largest absolute Gasteiger partial charge is 0.479 e. The maximum Gasteiger partial charge on any atom is 0.330 e. The molecule has 1 aromatic carbocycles. The highest BCUT2D eigenvalue weighted by Crippen LogP contribution is 2.30. The molecule has 2 N–H and O–H groups in total. The standard InChI is InChI=1S/C14H16BrNO3S2/c1-9(21-11-4-2-10(15)3-5-11)12(17)16-14(13(18)19)6-7-20-8-14/h2-5,9H,6-8H2,1H3,(H,16,17)(H,18,19). The maximum absolute atomic E-state index is 12.3. The van der Waals surface area contributed by atoms with Crippen LogP contribution in [-0.4, -0.2) is 39.3 Å². The van der Waals surface area contributed by atoms with Crippen molar-refractivity contribution in [2.24, 2.45) is 0 Å². The minimum Gasteiger partial charge on any atom is -0.479 e. The zero-order valence-electron chi connectivity index (χ0n) is 11.5. The van der Waals surface area contributed by atoms with Gasteiger partial charge in [-0.2, -0.15) is 11.8 Å². The topological polar surface area (TPSA) is 66.4 Å². The van der Waals surface area contributed by atoms with E-state index in [4.69, 9.17) is 0 Å². The summed E-state index contributed by atoms with van der Waals surface area (Å²) in [5.41, 5.74) is -1.10. The highest BCUT2D eigenvalue weighted by atomic mass is 79.9. The molecule has 1 saturated heterocycles. The van der Waals surface area contributed by atoms with Crippen LogP contribution < -0.4 is 5.32 Å². The summed E-state index contributed by atoms with van der Waals surface area (Å²) >= 11 is 6.35. The van der Waals surface area contributed by atoms with E-state index in [1.54, 1.807) is 18.7 Å². The van der Waals surface area contributed by atoms with Crippen molar-refractivity contribution in [3.8, 4) is 0 Å². The molecule has 1 amide bonds. The molecule has 0 aliphatic carbocycles. The van der Waals surface area contributed by atoms with E-state index in [1.807, 2.05) is 24.3 Å². The van der Waals surface area contributed by atoms with Crippen molar-refractivity contribution in [2.75, 3.05) is 11.5 Å². The van der Waals surface area contributed by atoms with Gasteiger partial charge in [-0.15, -0.1) is 11.8 Å². The van der Waals surface area contributed by atoms with Gasteiger partial charge in [0.05, 0.1) is 5.25 Å². The molecule has 1 heterocycles. The van der Waals surface area contributed by atoms with E-state index in [2.05, 4.69) is 21.2 Å². The average Bonchev–Trinajstić information content (AvgIpc) is 2.91. The molecule has 1 fully saturated rings. The number of carbonyl (C=O) groups is 2. The molecule has 1 aliphatic rings. The summed E-state index contributed by atoms with van der Waals surface area (Å²) in [5, 5.41) is 11.8. The number of nitrogens with one attached hydrogen (secondary N) is 1. The second kappa shape index (κ2) is 7.07. The zero-order chi connectivity index (χ0) is 15.5. The molecule has 1 aliphatic heterocycles. The smallest absolute Gasteiger partial charge is 0.330 e. The molecular formula is C14H16BrNO3S2. The Morgan fingerprint density at radius 2 is 2.10 bits per heavy atom. The molecule has 0 saturated carbocycles. The Hall–Kier alpha value is -0.660. The number of hydrogen-bond donors (Lipinski definition) is 2. The van der Waals surface area contributed by atoms with E-state index in [0.717, 1.165) is 15.1 Å². The van der Waals surface area contributed by atoms with Crippen LogP contribution in [0.3, 0.4) is 0 Å². The Morgan fingerprint density at radius 3 is 2.62 bits per heavy atom. The third kappa shape index (κ3) is 4.17. The molecule has 4 nitrogen and oxygen atoms in total. The van der Waals surface area contributed by atoms with Gasteiger partial charge >= 0.3 is 5.97 Å². The summed E-state index contributed by atoms with van der Waals surface area (Å²) in [6, 6.07) is 7.69. The summed E-state index contributed by atoms with van der Waals surface area (Å²) in [7, 11) is 0. The van der Waals surface area contributed by atoms with Crippen molar-refractivity contribution in [1.29, 1.82) is 0 Å². The molecule has 21 heavy (non-hydrogen) atoms. The molecular weight excluding hydrogens is 374 g/mol. The first-order valence-corrected chi connectivity index (χ1v) is 9.31. The monoisotopic (exact) mass is 389 g/mol. The van der Waals surface area contributed by atoms with Crippen molar-refractivity contribution in [1.82, 2.24) is 5.32 Å². The molecule has 2 unspecified atom stereocenters. The van der Waals surface area contributed by atoms with Gasteiger partial charge in [0.2, 0.25) is 5.91 Å². The molecule has 0 radical (unpaired) electrons. The van der Waals surface area contributed by atoms with Crippen LogP contribution in [0.25, 0.3) is 0 Å². The van der Waals surface area contributed by atoms with Gasteiger partial charge in [0.15, 0.2) is 0 Å². The van der Waals surface area contributed by atoms with Gasteiger partial charge in [0, 0.05) is 15.1 Å². The van der Waals surface area contributed by atoms with Gasteiger partial charge in [-0.05, 0) is 43.4 Å². The Kier molecular flexibility index (Phi) is 5.62. The number of aliphatic carboxylic acids is 1. The number of carboxylic acids is 1. The van der Waals surface area contributed by atoms with Crippen molar-refractivity contribution in [2.45, 2.75) is 29.0 Å². The Bertz CT molecular complexity index is 530. The highest BCUT2D eigenvalue weighted by molar-refractivity contribution is 9.10. The first kappa shape index (κ1) is 16.7. The van der Waals surface area contributed by atoms with E-state index in [1.165, 1.54) is 11.8 Å². The lowest BCUT2D eigenvalue weighted by atomic mass is 9.99. The van der Waals surface area contributed by atoms with Gasteiger partial charge < -0.3 is 10.4 Å². The Morgan fingerprint density at radius 1 is 1.43 bits per heavy atom. The molecule has 114 valence electrons. The summed E-state index contributed by atoms with van der Waals surface area (Å²) in [5.74, 6) is 0.0272. The minimum absolute atomic E-state index is 0.229. The first-order chi connectivity index (χ1) is 9.93. The Balaban J connectivity index is 1.99. The van der Waals surface area contributed by atoms with Gasteiger partial charge in [-0.25, -0.2) is 4.79 Å². The number of carboxylic acid groups (broad SMARTS) is 1. The van der Waals surface area contributed by atoms with Crippen LogP contribution in [0.2, 0.25) is 0 Å². The van der Waals surface area contributed by atoms with Gasteiger partial charge in [0.1, 0.15) is 5.54 Å². The normalized spacial score (nSPS) is 22.8. The fraction of sp³-hybridized carbons (Fsp3) is 0.429. The number of hydrogen-bond acceptors (Lipinski definition) is 4. The van der Waals surface area contributed by atoms with Gasteiger partial charge in [0.25, 0.3) is 0 Å². The maximum atomic E-state index is 12.3. The second-order valence-corrected chi connectivity index (χ2v) is 8.33. The average molecular weight is 390 g/mol. The molecule has 2 atom stereocenters. The molecule has 1 aromatic rings. The number of amides is 1. The van der Waals surface area contributed by atoms with Gasteiger partial charge in [-0.3, -0.25) is 4.79 Å². The number of thioether (sulfide) groups is 2. The highest BCUT2D eigenvalue weighted by Gasteiger charge is 2.43. The summed E-state index contributed by atoms with van der Waals surface area (Å²) in [6.07, 6.45) is 0.481. The van der Waals surface area contributed by atoms with Crippen molar-refractivity contribution in [3.63, 3.8) is 0 Å². The summed E-state index contributed by atoms with van der Waals surface area (Å²) in [4.78, 5) is 24.7. The number of benzene rings is 1. The van der Waals surface area contributed by atoms with Crippen LogP contribution in [0.1, 0.15) is 13.3 Å². The predicted molar refractivity (Wildman–Crippen MR) is 89.9 cm³/mol. The van der Waals surface area contributed by atoms with E-state index in [0.29, 0.717) is 12.2 Å². The summed E-state index contributed by atoms with van der Waals surface area (Å²) < 4.78 is 0.983. The second-order valence-electron chi connectivity index (χ2n) is 4.89. The predicted octanol–water partition coefficient (Wildman–Crippen LogP) is 3.01. The molecule has 0 spiro atoms. The van der Waals surface area contributed by atoms with Crippen LogP contribution in [0.15, 0.2) is 33.6 Å². The Labute approximate surface area is 140 Å². The van der Waals surface area contributed by atoms with Crippen LogP contribution in [0, 0.1) is 0 Å². The van der Waals surface area contributed by atoms with Crippen molar-refractivity contribution < 1.29 is 14.7 Å². The van der Waals surface area contributed by atoms with Crippen molar-refractivity contribution >= 4 is 51.3 Å². The lowest BCUT2D eigenvalue weighted by Gasteiger charge is -2.26. The van der Waals surface area contributed by atoms with Gasteiger partial charge in [-0.1, -0.05) is 15.9 Å². The van der Waals surface area contributed by atoms with E-state index < -0.39 is 11.5 Å². The van der Waals surface area contributed by atoms with E-state index >= 15 is 0 Å². The molecule has 7 heteroatoms. The number of carbonyl (C=O) groups excluding carboxylic acids is 1. The first-order valence-electron chi connectivity index (χ1n) is 6.48. The minimum atomic E-state index is -1.10. The molecule has 0 bridgehead atoms. The molecule has 2 rings (SSSR count). The van der Waals surface area contributed by atoms with Crippen LogP contribution in [-0.2, 0) is 9.59 Å². The summed E-state index contributed by atoms with van der Waals surface area (Å²) in [6.45, 7) is 1.79. The quantitative estimate of drug-likeness (QED) is 0.757. The van der Waals surface area contributed by atoms with Crippen LogP contribution in [0.4, 0.5) is 0 Å². The molecule has 0 aromatic heterocycles. The fourth-order valence-electron chi connectivity index (χ4n) is 1.99. The lowest BCUT2D eigenvalue weighted by molar-refractivity contribution is -0.146. The van der Waals surface area contributed by atoms with E-state index in [9.17, 15) is 14.7 Å². The third-order valence-corrected chi connectivity index (χ3v) is 6.12. The van der Waals surface area contributed by atoms with Crippen molar-refractivity contribution in [3.05, 3.63) is 28.7 Å². The lowest BCUT2D eigenvalue weighted by Crippen LogP contribution is -2.56. The number of halogens is 1. The zero-order valence-corrected chi connectivity index (χ0v) is 14.7.